The van der Waals surface area contributed by atoms with Crippen LogP contribution in [0.2, 0.25) is 0 Å². The van der Waals surface area contributed by atoms with E-state index in [4.69, 9.17) is 0 Å². The summed E-state index contributed by atoms with van der Waals surface area (Å²) < 4.78 is 0. The van der Waals surface area contributed by atoms with Crippen LogP contribution in [0.5, 0.6) is 0 Å². The van der Waals surface area contributed by atoms with Gasteiger partial charge >= 0.3 is 0 Å². The summed E-state index contributed by atoms with van der Waals surface area (Å²) in [6.07, 6.45) is 6.74. The van der Waals surface area contributed by atoms with Crippen molar-refractivity contribution in [1.82, 2.24) is 5.32 Å². The van der Waals surface area contributed by atoms with E-state index in [1.165, 1.54) is 43.4 Å². The number of benzene rings is 1. The van der Waals surface area contributed by atoms with Crippen LogP contribution in [0.3, 0.4) is 0 Å². The summed E-state index contributed by atoms with van der Waals surface area (Å²) in [7, 11) is 2.12. The van der Waals surface area contributed by atoms with E-state index in [1.807, 2.05) is 0 Å². The van der Waals surface area contributed by atoms with Crippen molar-refractivity contribution < 1.29 is 0 Å². The van der Waals surface area contributed by atoms with Crippen LogP contribution in [-0.4, -0.2) is 25.2 Å². The van der Waals surface area contributed by atoms with E-state index in [2.05, 4.69) is 55.4 Å². The average molecular weight is 272 g/mol. The normalized spacial score (nSPS) is 29.8. The quantitative estimate of drug-likeness (QED) is 0.897. The van der Waals surface area contributed by atoms with Crippen LogP contribution in [0, 0.1) is 0 Å². The molecule has 2 saturated heterocycles. The molecule has 20 heavy (non-hydrogen) atoms. The van der Waals surface area contributed by atoms with Crippen molar-refractivity contribution in [2.75, 3.05) is 11.9 Å². The molecule has 2 heteroatoms. The second-order valence-corrected chi connectivity index (χ2v) is 6.85. The Hall–Kier alpha value is -1.02. The van der Waals surface area contributed by atoms with Crippen molar-refractivity contribution in [2.45, 2.75) is 70.0 Å². The summed E-state index contributed by atoms with van der Waals surface area (Å²) in [6.45, 7) is 4.53. The topological polar surface area (TPSA) is 15.3 Å². The molecule has 2 aliphatic rings. The van der Waals surface area contributed by atoms with Gasteiger partial charge in [-0.15, -0.1) is 0 Å². The Kier molecular flexibility index (Phi) is 4.02. The van der Waals surface area contributed by atoms with Crippen molar-refractivity contribution in [1.29, 1.82) is 0 Å². The fraction of sp³-hybridized carbons (Fsp3) is 0.667. The number of nitrogens with zero attached hydrogens (tertiary/aromatic N) is 1. The standard InChI is InChI=1S/C18H28N2/c1-13(2)14-7-9-16(10-8-14)20-17-5-4-6-18(20)12-15(11-17)19-3/h7-10,13,15,17-19H,4-6,11-12H2,1-3H3. The van der Waals surface area contributed by atoms with E-state index < -0.39 is 0 Å². The van der Waals surface area contributed by atoms with E-state index in [0.717, 1.165) is 18.1 Å². The molecule has 1 aromatic rings. The number of hydrogen-bond donors (Lipinski definition) is 1. The van der Waals surface area contributed by atoms with E-state index in [9.17, 15) is 0 Å². The maximum atomic E-state index is 3.50. The molecule has 1 aromatic carbocycles. The summed E-state index contributed by atoms with van der Waals surface area (Å²) in [6, 6.07) is 11.5. The van der Waals surface area contributed by atoms with E-state index in [0.29, 0.717) is 5.92 Å². The van der Waals surface area contributed by atoms with Crippen molar-refractivity contribution in [3.8, 4) is 0 Å². The predicted molar refractivity (Wildman–Crippen MR) is 86.5 cm³/mol. The molecule has 0 aromatic heterocycles. The van der Waals surface area contributed by atoms with Crippen LogP contribution in [-0.2, 0) is 0 Å². The highest BCUT2D eigenvalue weighted by molar-refractivity contribution is 5.51. The molecule has 110 valence electrons. The van der Waals surface area contributed by atoms with Crippen LogP contribution < -0.4 is 10.2 Å². The Morgan fingerprint density at radius 3 is 2.15 bits per heavy atom. The lowest BCUT2D eigenvalue weighted by atomic mass is 9.81. The molecule has 0 spiro atoms. The summed E-state index contributed by atoms with van der Waals surface area (Å²) in [5.41, 5.74) is 2.89. The molecular weight excluding hydrogens is 244 g/mol. The van der Waals surface area contributed by atoms with Gasteiger partial charge in [0, 0.05) is 23.8 Å². The maximum Gasteiger partial charge on any atom is 0.0371 e. The number of nitrogens with one attached hydrogen (secondary N) is 1. The molecule has 2 nitrogen and oxygen atoms in total. The minimum Gasteiger partial charge on any atom is -0.365 e. The lowest BCUT2D eigenvalue weighted by Gasteiger charge is -2.50. The zero-order valence-electron chi connectivity index (χ0n) is 13.1. The maximum absolute atomic E-state index is 3.50. The molecule has 2 atom stereocenters. The Labute approximate surface area is 123 Å². The smallest absolute Gasteiger partial charge is 0.0371 e. The third kappa shape index (κ3) is 2.58. The van der Waals surface area contributed by atoms with Crippen LogP contribution in [0.4, 0.5) is 5.69 Å². The molecule has 0 aliphatic carbocycles. The lowest BCUT2D eigenvalue weighted by molar-refractivity contribution is 0.252. The summed E-state index contributed by atoms with van der Waals surface area (Å²) >= 11 is 0. The molecule has 1 N–H and O–H groups in total. The van der Waals surface area contributed by atoms with Crippen molar-refractivity contribution >= 4 is 5.69 Å². The first-order valence-corrected chi connectivity index (χ1v) is 8.24. The molecule has 2 aliphatic heterocycles. The number of piperidine rings is 2. The highest BCUT2D eigenvalue weighted by Gasteiger charge is 2.37. The molecule has 0 amide bonds. The van der Waals surface area contributed by atoms with Gasteiger partial charge in [0.1, 0.15) is 0 Å². The van der Waals surface area contributed by atoms with Gasteiger partial charge in [0.05, 0.1) is 0 Å². The monoisotopic (exact) mass is 272 g/mol. The van der Waals surface area contributed by atoms with E-state index in [1.54, 1.807) is 0 Å². The van der Waals surface area contributed by atoms with E-state index in [-0.39, 0.29) is 0 Å². The largest absolute Gasteiger partial charge is 0.365 e. The predicted octanol–water partition coefficient (Wildman–Crippen LogP) is 3.92. The zero-order valence-corrected chi connectivity index (χ0v) is 13.1. The van der Waals surface area contributed by atoms with Gasteiger partial charge in [0.2, 0.25) is 0 Å². The van der Waals surface area contributed by atoms with Crippen molar-refractivity contribution in [3.05, 3.63) is 29.8 Å². The van der Waals surface area contributed by atoms with Gasteiger partial charge in [-0.05, 0) is 62.8 Å². The molecular formula is C18H28N2. The van der Waals surface area contributed by atoms with Gasteiger partial charge in [0.15, 0.2) is 0 Å². The average Bonchev–Trinajstić information content (AvgIpc) is 2.46. The number of fused-ring (bicyclic) bond motifs is 2. The minimum absolute atomic E-state index is 0.624. The van der Waals surface area contributed by atoms with Gasteiger partial charge in [-0.3, -0.25) is 0 Å². The Morgan fingerprint density at radius 2 is 1.65 bits per heavy atom. The second-order valence-electron chi connectivity index (χ2n) is 6.85. The van der Waals surface area contributed by atoms with Gasteiger partial charge in [-0.25, -0.2) is 0 Å². The molecule has 2 heterocycles. The molecule has 2 fully saturated rings. The first-order valence-electron chi connectivity index (χ1n) is 8.24. The molecule has 0 radical (unpaired) electrons. The van der Waals surface area contributed by atoms with Crippen LogP contribution in [0.15, 0.2) is 24.3 Å². The third-order valence-corrected chi connectivity index (χ3v) is 5.24. The highest BCUT2D eigenvalue weighted by atomic mass is 15.2. The minimum atomic E-state index is 0.624. The molecule has 2 bridgehead atoms. The van der Waals surface area contributed by atoms with Crippen LogP contribution in [0.25, 0.3) is 0 Å². The third-order valence-electron chi connectivity index (χ3n) is 5.24. The Bertz CT molecular complexity index is 423. The summed E-state index contributed by atoms with van der Waals surface area (Å²) in [5, 5.41) is 3.50. The zero-order chi connectivity index (χ0) is 14.1. The second kappa shape index (κ2) is 5.77. The molecule has 0 saturated carbocycles. The van der Waals surface area contributed by atoms with E-state index >= 15 is 0 Å². The van der Waals surface area contributed by atoms with Gasteiger partial charge in [-0.2, -0.15) is 0 Å². The molecule has 3 rings (SSSR count). The SMILES string of the molecule is CNC1CC2CCCC(C1)N2c1ccc(C(C)C)cc1. The number of rotatable bonds is 3. The van der Waals surface area contributed by atoms with Crippen LogP contribution >= 0.6 is 0 Å². The van der Waals surface area contributed by atoms with Gasteiger partial charge < -0.3 is 10.2 Å². The fourth-order valence-corrected chi connectivity index (χ4v) is 4.07. The lowest BCUT2D eigenvalue weighted by Crippen LogP contribution is -2.56. The van der Waals surface area contributed by atoms with Crippen LogP contribution in [0.1, 0.15) is 57.4 Å². The number of hydrogen-bond acceptors (Lipinski definition) is 2. The number of anilines is 1. The van der Waals surface area contributed by atoms with Gasteiger partial charge in [-0.1, -0.05) is 26.0 Å². The molecule has 2 unspecified atom stereocenters. The Morgan fingerprint density at radius 1 is 1.05 bits per heavy atom. The highest BCUT2D eigenvalue weighted by Crippen LogP contribution is 2.38. The first kappa shape index (κ1) is 13.9. The van der Waals surface area contributed by atoms with Crippen molar-refractivity contribution in [2.24, 2.45) is 0 Å². The fourth-order valence-electron chi connectivity index (χ4n) is 4.07. The summed E-state index contributed by atoms with van der Waals surface area (Å²) in [4.78, 5) is 2.72. The Balaban J connectivity index is 1.82. The first-order chi connectivity index (χ1) is 9.69. The van der Waals surface area contributed by atoms with Crippen molar-refractivity contribution in [3.63, 3.8) is 0 Å². The van der Waals surface area contributed by atoms with Gasteiger partial charge in [0.25, 0.3) is 0 Å². The summed E-state index contributed by atoms with van der Waals surface area (Å²) in [5.74, 6) is 0.624.